The Labute approximate surface area is 145 Å². The Morgan fingerprint density at radius 2 is 2.13 bits per heavy atom. The van der Waals surface area contributed by atoms with Crippen LogP contribution in [0.15, 0.2) is 47.4 Å². The number of halogens is 2. The molecule has 1 N–H and O–H groups in total. The maximum atomic E-state index is 12.7. The van der Waals surface area contributed by atoms with E-state index in [1.807, 2.05) is 6.92 Å². The fourth-order valence-corrected chi connectivity index (χ4v) is 3.30. The molecule has 6 heteroatoms. The number of hydrogen-bond acceptors (Lipinski definition) is 2. The number of pyridine rings is 1. The Bertz CT molecular complexity index is 749. The van der Waals surface area contributed by atoms with Gasteiger partial charge in [0.25, 0.3) is 5.56 Å². The van der Waals surface area contributed by atoms with E-state index in [1.54, 1.807) is 17.1 Å². The molecule has 0 aromatic carbocycles. The topological polar surface area (TPSA) is 53.2 Å². The highest BCUT2D eigenvalue weighted by Crippen LogP contribution is 2.27. The minimum Gasteiger partial charge on any atom is -0.335 e. The molecule has 1 unspecified atom stereocenters. The first kappa shape index (κ1) is 17.6. The lowest BCUT2D eigenvalue weighted by Gasteiger charge is -2.35. The Balaban J connectivity index is 2.28. The van der Waals surface area contributed by atoms with Crippen molar-refractivity contribution in [2.75, 3.05) is 6.54 Å². The van der Waals surface area contributed by atoms with Gasteiger partial charge in [0, 0.05) is 18.3 Å². The zero-order chi connectivity index (χ0) is 17.1. The van der Waals surface area contributed by atoms with Crippen molar-refractivity contribution >= 4 is 29.1 Å². The van der Waals surface area contributed by atoms with Gasteiger partial charge in [0.15, 0.2) is 0 Å². The van der Waals surface area contributed by atoms with Crippen LogP contribution in [0.2, 0.25) is 10.0 Å². The molecule has 0 bridgehead atoms. The number of H-pyrrole nitrogens is 1. The number of carbonyl (C=O) groups is 1. The van der Waals surface area contributed by atoms with Gasteiger partial charge >= 0.3 is 0 Å². The average Bonchev–Trinajstić information content (AvgIpc) is 2.54. The largest absolute Gasteiger partial charge is 0.335 e. The second-order valence-corrected chi connectivity index (χ2v) is 6.12. The third kappa shape index (κ3) is 3.43. The number of allylic oxidation sites excluding steroid dienone is 1. The summed E-state index contributed by atoms with van der Waals surface area (Å²) >= 11 is 12.0. The number of hydrogen-bond donors (Lipinski definition) is 1. The van der Waals surface area contributed by atoms with Crippen molar-refractivity contribution in [3.05, 3.63) is 68.6 Å². The van der Waals surface area contributed by atoms with E-state index < -0.39 is 5.56 Å². The highest BCUT2D eigenvalue weighted by molar-refractivity contribution is 6.36. The minimum absolute atomic E-state index is 0.0141. The van der Waals surface area contributed by atoms with Gasteiger partial charge in [-0.1, -0.05) is 48.5 Å². The molecule has 1 aliphatic rings. The van der Waals surface area contributed by atoms with Crippen molar-refractivity contribution in [3.63, 3.8) is 0 Å². The summed E-state index contributed by atoms with van der Waals surface area (Å²) in [5.41, 5.74) is 1.99. The molecular weight excluding hydrogens is 335 g/mol. The molecular formula is C17H18Cl2N2O2. The van der Waals surface area contributed by atoms with Gasteiger partial charge in [-0.15, -0.1) is 0 Å². The summed E-state index contributed by atoms with van der Waals surface area (Å²) in [7, 11) is 0. The number of amides is 1. The molecule has 1 aromatic rings. The van der Waals surface area contributed by atoms with Crippen LogP contribution in [-0.2, 0) is 11.2 Å². The molecule has 0 spiro atoms. The van der Waals surface area contributed by atoms with Crippen LogP contribution in [0.4, 0.5) is 0 Å². The van der Waals surface area contributed by atoms with Crippen LogP contribution in [0.5, 0.6) is 0 Å². The molecule has 0 fully saturated rings. The SMILES string of the molecule is C=CC1=C(C=C)C(C)N(C(=O)Cc2c(Cl)c[nH]c(=O)c2Cl)CC1. The predicted molar refractivity (Wildman–Crippen MR) is 94.0 cm³/mol. The predicted octanol–water partition coefficient (Wildman–Crippen LogP) is 3.51. The number of aromatic nitrogens is 1. The number of nitrogens with zero attached hydrogens (tertiary/aromatic N) is 1. The summed E-state index contributed by atoms with van der Waals surface area (Å²) in [5.74, 6) is -0.130. The van der Waals surface area contributed by atoms with E-state index in [9.17, 15) is 9.59 Å². The number of nitrogens with one attached hydrogen (secondary N) is 1. The molecule has 122 valence electrons. The maximum Gasteiger partial charge on any atom is 0.267 e. The second-order valence-electron chi connectivity index (χ2n) is 5.34. The first-order valence-corrected chi connectivity index (χ1v) is 7.99. The van der Waals surface area contributed by atoms with E-state index in [4.69, 9.17) is 23.2 Å². The van der Waals surface area contributed by atoms with E-state index in [1.165, 1.54) is 6.20 Å². The molecule has 1 atom stereocenters. The number of aromatic amines is 1. The summed E-state index contributed by atoms with van der Waals surface area (Å²) in [6, 6.07) is -0.110. The van der Waals surface area contributed by atoms with Gasteiger partial charge in [-0.05, 0) is 24.5 Å². The van der Waals surface area contributed by atoms with Crippen LogP contribution in [-0.4, -0.2) is 28.4 Å². The van der Waals surface area contributed by atoms with Gasteiger partial charge in [-0.3, -0.25) is 9.59 Å². The van der Waals surface area contributed by atoms with Crippen molar-refractivity contribution in [1.29, 1.82) is 0 Å². The lowest BCUT2D eigenvalue weighted by atomic mass is 9.93. The van der Waals surface area contributed by atoms with Gasteiger partial charge in [0.05, 0.1) is 17.5 Å². The van der Waals surface area contributed by atoms with E-state index >= 15 is 0 Å². The highest BCUT2D eigenvalue weighted by Gasteiger charge is 2.28. The van der Waals surface area contributed by atoms with Crippen LogP contribution in [0.3, 0.4) is 0 Å². The Morgan fingerprint density at radius 3 is 2.74 bits per heavy atom. The average molecular weight is 353 g/mol. The molecule has 4 nitrogen and oxygen atoms in total. The summed E-state index contributed by atoms with van der Waals surface area (Å²) in [5, 5.41) is 0.237. The zero-order valence-corrected chi connectivity index (χ0v) is 14.4. The molecule has 0 saturated carbocycles. The Kier molecular flexibility index (Phi) is 5.50. The fourth-order valence-electron chi connectivity index (χ4n) is 2.81. The molecule has 2 rings (SSSR count). The van der Waals surface area contributed by atoms with Gasteiger partial charge in [-0.2, -0.15) is 0 Å². The molecule has 1 aromatic heterocycles. The van der Waals surface area contributed by atoms with Crippen LogP contribution < -0.4 is 5.56 Å². The van der Waals surface area contributed by atoms with E-state index in [0.717, 1.165) is 17.6 Å². The van der Waals surface area contributed by atoms with Crippen LogP contribution in [0, 0.1) is 0 Å². The summed E-state index contributed by atoms with van der Waals surface area (Å²) in [6.07, 6.45) is 5.62. The molecule has 0 radical (unpaired) electrons. The first-order chi connectivity index (χ1) is 10.9. The molecule has 1 aliphatic heterocycles. The van der Waals surface area contributed by atoms with E-state index in [2.05, 4.69) is 18.1 Å². The van der Waals surface area contributed by atoms with E-state index in [0.29, 0.717) is 12.1 Å². The minimum atomic E-state index is -0.453. The second kappa shape index (κ2) is 7.20. The monoisotopic (exact) mass is 352 g/mol. The van der Waals surface area contributed by atoms with Crippen molar-refractivity contribution in [2.45, 2.75) is 25.8 Å². The Hall–Kier alpha value is -1.78. The van der Waals surface area contributed by atoms with Crippen LogP contribution >= 0.6 is 23.2 Å². The van der Waals surface area contributed by atoms with Crippen LogP contribution in [0.25, 0.3) is 0 Å². The third-order valence-electron chi connectivity index (χ3n) is 4.11. The molecule has 23 heavy (non-hydrogen) atoms. The number of rotatable bonds is 4. The van der Waals surface area contributed by atoms with Gasteiger partial charge in [-0.25, -0.2) is 0 Å². The molecule has 0 aliphatic carbocycles. The van der Waals surface area contributed by atoms with Gasteiger partial charge in [0.2, 0.25) is 5.91 Å². The smallest absolute Gasteiger partial charge is 0.267 e. The zero-order valence-electron chi connectivity index (χ0n) is 12.9. The third-order valence-corrected chi connectivity index (χ3v) is 4.84. The van der Waals surface area contributed by atoms with Gasteiger partial charge in [0.1, 0.15) is 5.02 Å². The lowest BCUT2D eigenvalue weighted by Crippen LogP contribution is -2.44. The first-order valence-electron chi connectivity index (χ1n) is 7.23. The molecule has 1 amide bonds. The van der Waals surface area contributed by atoms with Gasteiger partial charge < -0.3 is 9.88 Å². The van der Waals surface area contributed by atoms with Crippen molar-refractivity contribution in [1.82, 2.24) is 9.88 Å². The van der Waals surface area contributed by atoms with Crippen LogP contribution in [0.1, 0.15) is 18.9 Å². The molecule has 0 saturated heterocycles. The normalized spacial score (nSPS) is 18.0. The maximum absolute atomic E-state index is 12.7. The van der Waals surface area contributed by atoms with E-state index in [-0.39, 0.29) is 28.4 Å². The quantitative estimate of drug-likeness (QED) is 0.901. The summed E-state index contributed by atoms with van der Waals surface area (Å²) in [6.45, 7) is 10.1. The Morgan fingerprint density at radius 1 is 1.43 bits per heavy atom. The van der Waals surface area contributed by atoms with Crippen molar-refractivity contribution in [3.8, 4) is 0 Å². The number of carbonyl (C=O) groups excluding carboxylic acids is 1. The summed E-state index contributed by atoms with van der Waals surface area (Å²) < 4.78 is 0. The fraction of sp³-hybridized carbons (Fsp3) is 0.294. The lowest BCUT2D eigenvalue weighted by molar-refractivity contribution is -0.132. The standard InChI is InChI=1S/C17H18Cl2N2O2/c1-4-11-6-7-21(10(3)12(11)5-2)15(22)8-13-14(18)9-20-17(23)16(13)19/h4-5,9-10H,1-2,6-8H2,3H3,(H,20,23). The molecule has 2 heterocycles. The highest BCUT2D eigenvalue weighted by atomic mass is 35.5. The van der Waals surface area contributed by atoms with Crippen molar-refractivity contribution in [2.24, 2.45) is 0 Å². The van der Waals surface area contributed by atoms with Crippen molar-refractivity contribution < 1.29 is 4.79 Å². The summed E-state index contributed by atoms with van der Waals surface area (Å²) in [4.78, 5) is 28.4.